The lowest BCUT2D eigenvalue weighted by atomic mass is 10.0. The summed E-state index contributed by atoms with van der Waals surface area (Å²) in [6.45, 7) is 2.11. The van der Waals surface area contributed by atoms with Crippen LogP contribution in [0, 0.1) is 6.92 Å². The predicted octanol–water partition coefficient (Wildman–Crippen LogP) is 4.65. The van der Waals surface area contributed by atoms with Gasteiger partial charge >= 0.3 is 5.63 Å². The minimum Gasteiger partial charge on any atom is -0.488 e. The van der Waals surface area contributed by atoms with Crippen molar-refractivity contribution >= 4 is 28.0 Å². The number of aryl methyl sites for hydroxylation is 1. The summed E-state index contributed by atoms with van der Waals surface area (Å²) in [4.78, 5) is 23.5. The van der Waals surface area contributed by atoms with Gasteiger partial charge in [-0.25, -0.2) is 4.79 Å². The molecule has 3 aromatic carbocycles. The molecule has 0 saturated heterocycles. The van der Waals surface area contributed by atoms with Crippen LogP contribution in [-0.4, -0.2) is 6.29 Å². The number of benzene rings is 3. The lowest BCUT2D eigenvalue weighted by Gasteiger charge is -2.12. The van der Waals surface area contributed by atoms with Crippen LogP contribution in [0.5, 0.6) is 5.75 Å². The van der Waals surface area contributed by atoms with Crippen molar-refractivity contribution in [2.75, 3.05) is 0 Å². The molecule has 0 amide bonds. The molecule has 0 aliphatic carbocycles. The van der Waals surface area contributed by atoms with E-state index in [2.05, 4.69) is 0 Å². The Balaban J connectivity index is 1.74. The highest BCUT2D eigenvalue weighted by molar-refractivity contribution is 6.00. The topological polar surface area (TPSA) is 56.5 Å². The Bertz CT molecular complexity index is 1190. The van der Waals surface area contributed by atoms with Crippen molar-refractivity contribution in [3.63, 3.8) is 0 Å². The van der Waals surface area contributed by atoms with Gasteiger partial charge in [0.2, 0.25) is 0 Å². The van der Waals surface area contributed by atoms with Crippen LogP contribution >= 0.6 is 0 Å². The van der Waals surface area contributed by atoms with Crippen LogP contribution < -0.4 is 10.4 Å². The van der Waals surface area contributed by atoms with Gasteiger partial charge in [-0.2, -0.15) is 0 Å². The number of fused-ring (bicyclic) bond motifs is 2. The molecule has 0 radical (unpaired) electrons. The first-order chi connectivity index (χ1) is 12.7. The van der Waals surface area contributed by atoms with E-state index in [-0.39, 0.29) is 6.61 Å². The first kappa shape index (κ1) is 16.1. The molecule has 4 rings (SSSR count). The summed E-state index contributed by atoms with van der Waals surface area (Å²) in [6, 6.07) is 18.5. The van der Waals surface area contributed by atoms with E-state index >= 15 is 0 Å². The molecule has 4 nitrogen and oxygen atoms in total. The molecule has 1 heterocycles. The fraction of sp³-hybridized carbons (Fsp3) is 0.0909. The van der Waals surface area contributed by atoms with Crippen LogP contribution in [0.2, 0.25) is 0 Å². The molecule has 128 valence electrons. The molecular formula is C22H16O4. The zero-order valence-corrected chi connectivity index (χ0v) is 14.2. The summed E-state index contributed by atoms with van der Waals surface area (Å²) in [7, 11) is 0. The lowest BCUT2D eigenvalue weighted by molar-refractivity contribution is 0.112. The summed E-state index contributed by atoms with van der Waals surface area (Å²) < 4.78 is 11.2. The summed E-state index contributed by atoms with van der Waals surface area (Å²) >= 11 is 0. The molecule has 4 aromatic rings. The molecule has 0 aliphatic heterocycles. The van der Waals surface area contributed by atoms with Crippen LogP contribution in [0.15, 0.2) is 69.9 Å². The maximum atomic E-state index is 11.8. The van der Waals surface area contributed by atoms with Gasteiger partial charge in [-0.3, -0.25) is 4.79 Å². The molecule has 0 fully saturated rings. The summed E-state index contributed by atoms with van der Waals surface area (Å²) in [5, 5.41) is 2.64. The number of hydrogen-bond acceptors (Lipinski definition) is 4. The molecule has 4 heteroatoms. The zero-order valence-electron chi connectivity index (χ0n) is 14.2. The van der Waals surface area contributed by atoms with Crippen molar-refractivity contribution in [2.24, 2.45) is 0 Å². The van der Waals surface area contributed by atoms with Crippen molar-refractivity contribution < 1.29 is 13.9 Å². The van der Waals surface area contributed by atoms with Gasteiger partial charge in [0, 0.05) is 17.0 Å². The van der Waals surface area contributed by atoms with Crippen LogP contribution in [0.3, 0.4) is 0 Å². The highest BCUT2D eigenvalue weighted by atomic mass is 16.5. The second-order valence-corrected chi connectivity index (χ2v) is 6.20. The molecule has 0 saturated carbocycles. The first-order valence-corrected chi connectivity index (χ1v) is 8.29. The molecule has 0 aliphatic rings. The van der Waals surface area contributed by atoms with Crippen LogP contribution in [0.4, 0.5) is 0 Å². The number of hydrogen-bond donors (Lipinski definition) is 0. The van der Waals surface area contributed by atoms with Gasteiger partial charge in [0.15, 0.2) is 6.29 Å². The average Bonchev–Trinajstić information content (AvgIpc) is 2.65. The molecule has 0 atom stereocenters. The van der Waals surface area contributed by atoms with E-state index in [0.717, 1.165) is 33.6 Å². The van der Waals surface area contributed by atoms with Gasteiger partial charge in [-0.1, -0.05) is 42.5 Å². The third kappa shape index (κ3) is 2.86. The van der Waals surface area contributed by atoms with Crippen molar-refractivity contribution in [2.45, 2.75) is 13.5 Å². The number of carbonyl (C=O) groups is 1. The Hall–Kier alpha value is -3.40. The molecule has 26 heavy (non-hydrogen) atoms. The van der Waals surface area contributed by atoms with Gasteiger partial charge in [0.05, 0.1) is 5.56 Å². The predicted molar refractivity (Wildman–Crippen MR) is 101 cm³/mol. The second kappa shape index (κ2) is 6.48. The normalized spacial score (nSPS) is 11.0. The molecule has 0 spiro atoms. The van der Waals surface area contributed by atoms with E-state index in [4.69, 9.17) is 9.15 Å². The molecule has 0 N–H and O–H groups in total. The molecule has 1 aromatic heterocycles. The van der Waals surface area contributed by atoms with Crippen LogP contribution in [-0.2, 0) is 6.61 Å². The second-order valence-electron chi connectivity index (χ2n) is 6.20. The van der Waals surface area contributed by atoms with Crippen molar-refractivity contribution in [1.82, 2.24) is 0 Å². The highest BCUT2D eigenvalue weighted by Crippen LogP contribution is 2.28. The Labute approximate surface area is 149 Å². The van der Waals surface area contributed by atoms with Gasteiger partial charge in [-0.05, 0) is 35.4 Å². The number of carbonyl (C=O) groups excluding carboxylic acids is 1. The van der Waals surface area contributed by atoms with E-state index in [9.17, 15) is 9.59 Å². The van der Waals surface area contributed by atoms with E-state index in [0.29, 0.717) is 16.9 Å². The van der Waals surface area contributed by atoms with E-state index < -0.39 is 5.63 Å². The van der Waals surface area contributed by atoms with Crippen molar-refractivity contribution in [3.8, 4) is 5.75 Å². The van der Waals surface area contributed by atoms with E-state index in [1.165, 1.54) is 6.07 Å². The van der Waals surface area contributed by atoms with Gasteiger partial charge in [0.25, 0.3) is 0 Å². The van der Waals surface area contributed by atoms with Gasteiger partial charge in [-0.15, -0.1) is 0 Å². The highest BCUT2D eigenvalue weighted by Gasteiger charge is 2.11. The number of rotatable bonds is 4. The average molecular weight is 344 g/mol. The van der Waals surface area contributed by atoms with E-state index in [1.807, 2.05) is 55.5 Å². The Morgan fingerprint density at radius 2 is 1.85 bits per heavy atom. The monoisotopic (exact) mass is 344 g/mol. The van der Waals surface area contributed by atoms with E-state index in [1.54, 1.807) is 6.07 Å². The minimum atomic E-state index is -0.421. The SMILES string of the molecule is Cc1ccc2c(COc3ccc4ccccc4c3C=O)cc(=O)oc2c1. The third-order valence-corrected chi connectivity index (χ3v) is 4.42. The summed E-state index contributed by atoms with van der Waals surface area (Å²) in [6.07, 6.45) is 0.804. The first-order valence-electron chi connectivity index (χ1n) is 8.29. The van der Waals surface area contributed by atoms with Gasteiger partial charge in [0.1, 0.15) is 17.9 Å². The Morgan fingerprint density at radius 3 is 2.69 bits per heavy atom. The lowest BCUT2D eigenvalue weighted by Crippen LogP contribution is -2.05. The number of ether oxygens (including phenoxy) is 1. The standard InChI is InChI=1S/C22H16O4/c1-14-6-8-18-16(11-22(24)26-21(18)10-14)13-25-20-9-7-15-4-2-3-5-17(15)19(20)12-23/h2-12H,13H2,1H3. The Kier molecular flexibility index (Phi) is 4.01. The Morgan fingerprint density at radius 1 is 1.00 bits per heavy atom. The molecule has 0 unspecified atom stereocenters. The summed E-state index contributed by atoms with van der Waals surface area (Å²) in [5.74, 6) is 0.493. The zero-order chi connectivity index (χ0) is 18.1. The minimum absolute atomic E-state index is 0.171. The van der Waals surface area contributed by atoms with Gasteiger partial charge < -0.3 is 9.15 Å². The quantitative estimate of drug-likeness (QED) is 0.399. The summed E-state index contributed by atoms with van der Waals surface area (Å²) in [5.41, 5.74) is 2.35. The fourth-order valence-electron chi connectivity index (χ4n) is 3.14. The smallest absolute Gasteiger partial charge is 0.336 e. The molecule has 0 bridgehead atoms. The molecular weight excluding hydrogens is 328 g/mol. The van der Waals surface area contributed by atoms with Crippen LogP contribution in [0.1, 0.15) is 21.5 Å². The maximum Gasteiger partial charge on any atom is 0.336 e. The largest absolute Gasteiger partial charge is 0.488 e. The van der Waals surface area contributed by atoms with Crippen LogP contribution in [0.25, 0.3) is 21.7 Å². The maximum absolute atomic E-state index is 11.8. The fourth-order valence-corrected chi connectivity index (χ4v) is 3.14. The number of aldehydes is 1. The van der Waals surface area contributed by atoms with Crippen molar-refractivity contribution in [3.05, 3.63) is 87.8 Å². The third-order valence-electron chi connectivity index (χ3n) is 4.42. The van der Waals surface area contributed by atoms with Crippen molar-refractivity contribution in [1.29, 1.82) is 0 Å².